The summed E-state index contributed by atoms with van der Waals surface area (Å²) in [6.45, 7) is 0. The number of carbonyl (C=O) groups excluding carboxylic acids is 2. The Bertz CT molecular complexity index is 162. The Hall–Kier alpha value is -0.400. The van der Waals surface area contributed by atoms with E-state index in [-0.39, 0.29) is 6.42 Å². The lowest BCUT2D eigenvalue weighted by molar-refractivity contribution is -0.140. The highest BCUT2D eigenvalue weighted by atomic mass is 32.1. The molecule has 2 N–H and O–H groups in total. The molecule has 0 aromatic rings. The van der Waals surface area contributed by atoms with E-state index >= 15 is 0 Å². The van der Waals surface area contributed by atoms with E-state index in [1.807, 2.05) is 0 Å². The van der Waals surface area contributed by atoms with Gasteiger partial charge < -0.3 is 14.1 Å². The molecule has 0 aromatic heterocycles. The van der Waals surface area contributed by atoms with Gasteiger partial charge in [0.1, 0.15) is 6.04 Å². The summed E-state index contributed by atoms with van der Waals surface area (Å²) in [6, 6.07) is -1.05. The summed E-state index contributed by atoms with van der Waals surface area (Å²) < 4.78 is 7.91. The molecule has 0 aliphatic heterocycles. The molecule has 0 bridgehead atoms. The maximum Gasteiger partial charge on any atom is 0.335 e. The molecule has 1 unspecified atom stereocenters. The zero-order valence-electron chi connectivity index (χ0n) is 5.39. The van der Waals surface area contributed by atoms with Crippen molar-refractivity contribution in [3.05, 3.63) is 0 Å². The van der Waals surface area contributed by atoms with Crippen LogP contribution < -0.4 is 5.73 Å². The summed E-state index contributed by atoms with van der Waals surface area (Å²) in [6.07, 6.45) is -0.275. The Morgan fingerprint density at radius 3 is 2.27 bits per heavy atom. The summed E-state index contributed by atoms with van der Waals surface area (Å²) in [5, 5.41) is 0. The lowest BCUT2D eigenvalue weighted by atomic mass is 10.2. The van der Waals surface area contributed by atoms with E-state index in [0.29, 0.717) is 0 Å². The van der Waals surface area contributed by atoms with Gasteiger partial charge in [0.25, 0.3) is 0 Å². The van der Waals surface area contributed by atoms with Crippen LogP contribution >= 0.6 is 25.8 Å². The maximum absolute atomic E-state index is 10.5. The number of hydrogen-bond donors (Lipinski definition) is 3. The van der Waals surface area contributed by atoms with E-state index in [4.69, 9.17) is 5.73 Å². The van der Waals surface area contributed by atoms with E-state index in [2.05, 4.69) is 34.2 Å². The second-order valence-electron chi connectivity index (χ2n) is 1.68. The van der Waals surface area contributed by atoms with Crippen molar-refractivity contribution >= 4 is 37.8 Å². The van der Waals surface area contributed by atoms with Crippen molar-refractivity contribution in [2.75, 3.05) is 0 Å². The topological polar surface area (TPSA) is 78.6 Å². The number of nitrogens with two attached hydrogens (primary N) is 1. The molecule has 0 fully saturated rings. The number of rotatable bonds is 3. The van der Waals surface area contributed by atoms with Crippen LogP contribution in [-0.2, 0) is 18.0 Å². The van der Waals surface area contributed by atoms with Gasteiger partial charge in [0, 0.05) is 25.8 Å². The predicted molar refractivity (Wildman–Crippen MR) is 42.7 cm³/mol. The zero-order chi connectivity index (χ0) is 8.85. The lowest BCUT2D eigenvalue weighted by Gasteiger charge is -2.04. The molecule has 5 nitrogen and oxygen atoms in total. The highest BCUT2D eigenvalue weighted by Crippen LogP contribution is 1.97. The van der Waals surface area contributed by atoms with Crippen LogP contribution in [0.4, 0.5) is 0 Å². The SMILES string of the molecule is NC(CC(=O)OS)C(=O)OS. The Kier molecular flexibility index (Phi) is 5.08. The first kappa shape index (κ1) is 10.6. The van der Waals surface area contributed by atoms with Gasteiger partial charge in [-0.3, -0.25) is 4.79 Å². The fourth-order valence-corrected chi connectivity index (χ4v) is 0.578. The van der Waals surface area contributed by atoms with Gasteiger partial charge in [0.05, 0.1) is 6.42 Å². The fraction of sp³-hybridized carbons (Fsp3) is 0.500. The quantitative estimate of drug-likeness (QED) is 0.419. The van der Waals surface area contributed by atoms with Crippen LogP contribution in [0.1, 0.15) is 6.42 Å². The molecule has 0 radical (unpaired) electrons. The van der Waals surface area contributed by atoms with Crippen molar-refractivity contribution in [2.45, 2.75) is 12.5 Å². The molecular weight excluding hydrogens is 190 g/mol. The normalized spacial score (nSPS) is 11.9. The van der Waals surface area contributed by atoms with Crippen LogP contribution in [0, 0.1) is 0 Å². The molecule has 0 aliphatic carbocycles. The van der Waals surface area contributed by atoms with Crippen LogP contribution in [0.15, 0.2) is 0 Å². The molecule has 0 saturated carbocycles. The van der Waals surface area contributed by atoms with Gasteiger partial charge >= 0.3 is 11.9 Å². The summed E-state index contributed by atoms with van der Waals surface area (Å²) in [5.74, 6) is -1.48. The maximum atomic E-state index is 10.5. The van der Waals surface area contributed by atoms with Gasteiger partial charge in [0.2, 0.25) is 0 Å². The van der Waals surface area contributed by atoms with E-state index in [9.17, 15) is 9.59 Å². The van der Waals surface area contributed by atoms with Crippen molar-refractivity contribution in [3.63, 3.8) is 0 Å². The summed E-state index contributed by atoms with van der Waals surface area (Å²) in [4.78, 5) is 20.9. The highest BCUT2D eigenvalue weighted by Gasteiger charge is 2.18. The molecule has 7 heteroatoms. The van der Waals surface area contributed by atoms with Crippen LogP contribution in [0.5, 0.6) is 0 Å². The average molecular weight is 197 g/mol. The molecule has 0 aliphatic rings. The molecule has 0 saturated heterocycles. The predicted octanol–water partition coefficient (Wildman–Crippen LogP) is -0.520. The minimum absolute atomic E-state index is 0.275. The molecule has 1 atom stereocenters. The van der Waals surface area contributed by atoms with Gasteiger partial charge in [-0.1, -0.05) is 0 Å². The van der Waals surface area contributed by atoms with Gasteiger partial charge in [-0.25, -0.2) is 4.79 Å². The van der Waals surface area contributed by atoms with Gasteiger partial charge in [-0.05, 0) is 0 Å². The largest absolute Gasteiger partial charge is 0.395 e. The van der Waals surface area contributed by atoms with E-state index in [0.717, 1.165) is 0 Å². The summed E-state index contributed by atoms with van der Waals surface area (Å²) >= 11 is 6.42. The molecule has 0 aromatic carbocycles. The van der Waals surface area contributed by atoms with E-state index < -0.39 is 18.0 Å². The molecule has 0 spiro atoms. The number of thiol groups is 2. The summed E-state index contributed by atoms with van der Waals surface area (Å²) in [7, 11) is 0. The first-order valence-corrected chi connectivity index (χ1v) is 3.30. The molecule has 0 amide bonds. The minimum atomic E-state index is -1.05. The third kappa shape index (κ3) is 4.12. The van der Waals surface area contributed by atoms with E-state index in [1.54, 1.807) is 0 Å². The standard InChI is InChI=1S/C4H7NO4S2/c5-2(4(7)9-11)1-3(6)8-10/h2,10-11H,1,5H2. The first-order valence-electron chi connectivity index (χ1n) is 2.57. The monoisotopic (exact) mass is 197 g/mol. The molecular formula is C4H7NO4S2. The molecule has 0 heterocycles. The Morgan fingerprint density at radius 1 is 1.36 bits per heavy atom. The number of carbonyl (C=O) groups is 2. The van der Waals surface area contributed by atoms with Crippen molar-refractivity contribution < 1.29 is 18.0 Å². The Labute approximate surface area is 74.5 Å². The smallest absolute Gasteiger partial charge is 0.335 e. The average Bonchev–Trinajstić information content (AvgIpc) is 2.02. The zero-order valence-corrected chi connectivity index (χ0v) is 7.18. The molecule has 64 valence electrons. The van der Waals surface area contributed by atoms with Gasteiger partial charge in [0.15, 0.2) is 0 Å². The van der Waals surface area contributed by atoms with Gasteiger partial charge in [-0.15, -0.1) is 0 Å². The second-order valence-corrected chi connectivity index (χ2v) is 2.05. The van der Waals surface area contributed by atoms with Crippen LogP contribution in [-0.4, -0.2) is 18.0 Å². The highest BCUT2D eigenvalue weighted by molar-refractivity contribution is 7.75. The van der Waals surface area contributed by atoms with Crippen molar-refractivity contribution in [1.82, 2.24) is 0 Å². The summed E-state index contributed by atoms with van der Waals surface area (Å²) in [5.41, 5.74) is 5.15. The third-order valence-corrected chi connectivity index (χ3v) is 1.26. The van der Waals surface area contributed by atoms with Crippen molar-refractivity contribution in [3.8, 4) is 0 Å². The van der Waals surface area contributed by atoms with Crippen molar-refractivity contribution in [2.24, 2.45) is 5.73 Å². The Morgan fingerprint density at radius 2 is 1.91 bits per heavy atom. The fourth-order valence-electron chi connectivity index (χ4n) is 0.368. The van der Waals surface area contributed by atoms with E-state index in [1.165, 1.54) is 0 Å². The molecule has 11 heavy (non-hydrogen) atoms. The van der Waals surface area contributed by atoms with Crippen LogP contribution in [0.2, 0.25) is 0 Å². The Balaban J connectivity index is 3.77. The van der Waals surface area contributed by atoms with Crippen LogP contribution in [0.3, 0.4) is 0 Å². The van der Waals surface area contributed by atoms with Gasteiger partial charge in [-0.2, -0.15) is 0 Å². The second kappa shape index (κ2) is 5.28. The lowest BCUT2D eigenvalue weighted by Crippen LogP contribution is -2.33. The first-order chi connectivity index (χ1) is 5.11. The minimum Gasteiger partial charge on any atom is -0.395 e. The third-order valence-electron chi connectivity index (χ3n) is 0.881. The number of hydrogen-bond acceptors (Lipinski definition) is 7. The molecule has 0 rings (SSSR count). The van der Waals surface area contributed by atoms with Crippen molar-refractivity contribution in [1.29, 1.82) is 0 Å². The van der Waals surface area contributed by atoms with Crippen LogP contribution in [0.25, 0.3) is 0 Å².